The fourth-order valence-electron chi connectivity index (χ4n) is 3.49. The Balaban J connectivity index is 1.92. The van der Waals surface area contributed by atoms with Gasteiger partial charge in [0.05, 0.1) is 15.6 Å². The van der Waals surface area contributed by atoms with Gasteiger partial charge in [-0.2, -0.15) is 0 Å². The fourth-order valence-corrected chi connectivity index (χ4v) is 5.11. The summed E-state index contributed by atoms with van der Waals surface area (Å²) in [6, 6.07) is 4.67. The summed E-state index contributed by atoms with van der Waals surface area (Å²) in [6.07, 6.45) is 2.70. The van der Waals surface area contributed by atoms with Gasteiger partial charge in [0.15, 0.2) is 0 Å². The number of hydrogen-bond donors (Lipinski definition) is 2. The number of nitrogens with two attached hydrogens (primary N) is 1. The highest BCUT2D eigenvalue weighted by Gasteiger charge is 2.33. The number of primary amides is 1. The molecular formula is C20H22Cl2N2O2S. The second kappa shape index (κ2) is 7.46. The van der Waals surface area contributed by atoms with Crippen molar-refractivity contribution in [1.82, 2.24) is 0 Å². The number of fused-ring (bicyclic) bond motifs is 1. The van der Waals surface area contributed by atoms with E-state index >= 15 is 0 Å². The number of halogens is 2. The molecule has 0 radical (unpaired) electrons. The molecule has 1 aromatic heterocycles. The number of nitrogens with one attached hydrogen (secondary N) is 1. The van der Waals surface area contributed by atoms with Crippen LogP contribution in [-0.2, 0) is 12.8 Å². The molecule has 0 fully saturated rings. The SMILES string of the molecule is CC(C)(C)[C@@H]1CCc2c(sc(NC(=O)c3ccc(Cl)c(Cl)c3)c2C(N)=O)C1. The number of benzene rings is 1. The third kappa shape index (κ3) is 4.15. The third-order valence-electron chi connectivity index (χ3n) is 5.15. The van der Waals surface area contributed by atoms with Crippen LogP contribution in [0, 0.1) is 11.3 Å². The van der Waals surface area contributed by atoms with Gasteiger partial charge in [-0.1, -0.05) is 44.0 Å². The number of thiophene rings is 1. The van der Waals surface area contributed by atoms with E-state index in [0.717, 1.165) is 29.7 Å². The third-order valence-corrected chi connectivity index (χ3v) is 7.05. The van der Waals surface area contributed by atoms with E-state index in [-0.39, 0.29) is 11.3 Å². The maximum absolute atomic E-state index is 12.6. The zero-order valence-corrected chi connectivity index (χ0v) is 17.8. The Labute approximate surface area is 173 Å². The summed E-state index contributed by atoms with van der Waals surface area (Å²) in [5, 5.41) is 4.04. The molecule has 1 aliphatic carbocycles. The smallest absolute Gasteiger partial charge is 0.256 e. The number of hydrogen-bond acceptors (Lipinski definition) is 3. The Morgan fingerprint density at radius 2 is 1.93 bits per heavy atom. The van der Waals surface area contributed by atoms with Crippen molar-refractivity contribution in [2.75, 3.05) is 5.32 Å². The molecule has 0 unspecified atom stereocenters. The van der Waals surface area contributed by atoms with E-state index in [1.54, 1.807) is 12.1 Å². The lowest BCUT2D eigenvalue weighted by atomic mass is 9.72. The topological polar surface area (TPSA) is 72.2 Å². The molecule has 1 atom stereocenters. The summed E-state index contributed by atoms with van der Waals surface area (Å²) >= 11 is 13.4. The molecule has 4 nitrogen and oxygen atoms in total. The summed E-state index contributed by atoms with van der Waals surface area (Å²) in [7, 11) is 0. The molecule has 3 rings (SSSR count). The van der Waals surface area contributed by atoms with Gasteiger partial charge >= 0.3 is 0 Å². The average molecular weight is 425 g/mol. The molecule has 1 aromatic carbocycles. The van der Waals surface area contributed by atoms with Crippen LogP contribution in [-0.4, -0.2) is 11.8 Å². The summed E-state index contributed by atoms with van der Waals surface area (Å²) < 4.78 is 0. The van der Waals surface area contributed by atoms with Gasteiger partial charge in [-0.3, -0.25) is 9.59 Å². The largest absolute Gasteiger partial charge is 0.365 e. The Morgan fingerprint density at radius 3 is 2.52 bits per heavy atom. The minimum atomic E-state index is -0.508. The van der Waals surface area contributed by atoms with Crippen LogP contribution in [0.3, 0.4) is 0 Å². The summed E-state index contributed by atoms with van der Waals surface area (Å²) in [5.74, 6) is -0.323. The molecule has 2 amide bonds. The van der Waals surface area contributed by atoms with E-state index in [2.05, 4.69) is 26.1 Å². The first-order valence-electron chi connectivity index (χ1n) is 8.78. The van der Waals surface area contributed by atoms with Crippen molar-refractivity contribution in [2.24, 2.45) is 17.1 Å². The molecule has 144 valence electrons. The van der Waals surface area contributed by atoms with E-state index in [0.29, 0.717) is 32.1 Å². The number of rotatable bonds is 3. The van der Waals surface area contributed by atoms with E-state index in [4.69, 9.17) is 28.9 Å². The molecular weight excluding hydrogens is 403 g/mol. The molecule has 0 saturated heterocycles. The number of anilines is 1. The maximum Gasteiger partial charge on any atom is 0.256 e. The van der Waals surface area contributed by atoms with Gasteiger partial charge in [0.25, 0.3) is 11.8 Å². The Morgan fingerprint density at radius 1 is 1.22 bits per heavy atom. The first-order valence-corrected chi connectivity index (χ1v) is 10.4. The number of amides is 2. The highest BCUT2D eigenvalue weighted by molar-refractivity contribution is 7.17. The molecule has 0 bridgehead atoms. The molecule has 0 saturated carbocycles. The second-order valence-corrected chi connectivity index (χ2v) is 9.88. The first kappa shape index (κ1) is 20.2. The molecule has 1 heterocycles. The zero-order valence-electron chi connectivity index (χ0n) is 15.5. The Hall–Kier alpha value is -1.56. The standard InChI is InChI=1S/C20H22Cl2N2O2S/c1-20(2,3)11-5-6-12-15(9-11)27-19(16(12)17(23)25)24-18(26)10-4-7-13(21)14(22)8-10/h4,7-8,11H,5-6,9H2,1-3H3,(H2,23,25)(H,24,26)/t11-/m1/s1. The summed E-state index contributed by atoms with van der Waals surface area (Å²) in [5.41, 5.74) is 7.63. The van der Waals surface area contributed by atoms with Crippen LogP contribution in [0.5, 0.6) is 0 Å². The fraction of sp³-hybridized carbons (Fsp3) is 0.400. The van der Waals surface area contributed by atoms with E-state index in [1.807, 2.05) is 0 Å². The van der Waals surface area contributed by atoms with Gasteiger partial charge in [-0.25, -0.2) is 0 Å². The quantitative estimate of drug-likeness (QED) is 0.676. The van der Waals surface area contributed by atoms with Crippen LogP contribution in [0.15, 0.2) is 18.2 Å². The zero-order chi connectivity index (χ0) is 19.9. The van der Waals surface area contributed by atoms with Crippen molar-refractivity contribution in [2.45, 2.75) is 40.0 Å². The van der Waals surface area contributed by atoms with E-state index in [1.165, 1.54) is 17.4 Å². The highest BCUT2D eigenvalue weighted by Crippen LogP contribution is 2.44. The van der Waals surface area contributed by atoms with Crippen LogP contribution < -0.4 is 11.1 Å². The highest BCUT2D eigenvalue weighted by atomic mass is 35.5. The maximum atomic E-state index is 12.6. The number of carbonyl (C=O) groups is 2. The molecule has 0 spiro atoms. The lowest BCUT2D eigenvalue weighted by Gasteiger charge is -2.33. The first-order chi connectivity index (χ1) is 12.6. The van der Waals surface area contributed by atoms with Gasteiger partial charge in [-0.15, -0.1) is 11.3 Å². The van der Waals surface area contributed by atoms with Gasteiger partial charge in [-0.05, 0) is 54.4 Å². The van der Waals surface area contributed by atoms with Gasteiger partial charge in [0, 0.05) is 10.4 Å². The normalized spacial score (nSPS) is 16.7. The summed E-state index contributed by atoms with van der Waals surface area (Å²) in [6.45, 7) is 6.70. The van der Waals surface area contributed by atoms with Crippen molar-refractivity contribution in [3.05, 3.63) is 49.8 Å². The summed E-state index contributed by atoms with van der Waals surface area (Å²) in [4.78, 5) is 25.9. The van der Waals surface area contributed by atoms with Crippen molar-refractivity contribution >= 4 is 51.4 Å². The minimum Gasteiger partial charge on any atom is -0.365 e. The van der Waals surface area contributed by atoms with Gasteiger partial charge < -0.3 is 11.1 Å². The minimum absolute atomic E-state index is 0.192. The predicted octanol–water partition coefficient (Wildman–Crippen LogP) is 5.56. The van der Waals surface area contributed by atoms with Crippen LogP contribution in [0.2, 0.25) is 10.0 Å². The molecule has 3 N–H and O–H groups in total. The average Bonchev–Trinajstić information content (AvgIpc) is 2.93. The van der Waals surface area contributed by atoms with Gasteiger partial charge in [0.1, 0.15) is 5.00 Å². The molecule has 2 aromatic rings. The monoisotopic (exact) mass is 424 g/mol. The lowest BCUT2D eigenvalue weighted by molar-refractivity contribution is 0.1000. The Bertz CT molecular complexity index is 915. The molecule has 7 heteroatoms. The van der Waals surface area contributed by atoms with Crippen LogP contribution >= 0.6 is 34.5 Å². The van der Waals surface area contributed by atoms with Crippen molar-refractivity contribution in [1.29, 1.82) is 0 Å². The van der Waals surface area contributed by atoms with Crippen molar-refractivity contribution < 1.29 is 9.59 Å². The second-order valence-electron chi connectivity index (χ2n) is 7.96. The Kier molecular flexibility index (Phi) is 5.57. The van der Waals surface area contributed by atoms with E-state index in [9.17, 15) is 9.59 Å². The van der Waals surface area contributed by atoms with E-state index < -0.39 is 5.91 Å². The van der Waals surface area contributed by atoms with Crippen molar-refractivity contribution in [3.63, 3.8) is 0 Å². The lowest BCUT2D eigenvalue weighted by Crippen LogP contribution is -2.27. The predicted molar refractivity (Wildman–Crippen MR) is 112 cm³/mol. The number of carbonyl (C=O) groups excluding carboxylic acids is 2. The molecule has 0 aliphatic heterocycles. The van der Waals surface area contributed by atoms with Crippen LogP contribution in [0.4, 0.5) is 5.00 Å². The molecule has 1 aliphatic rings. The van der Waals surface area contributed by atoms with Crippen molar-refractivity contribution in [3.8, 4) is 0 Å². The molecule has 27 heavy (non-hydrogen) atoms. The van der Waals surface area contributed by atoms with Gasteiger partial charge in [0.2, 0.25) is 0 Å². The van der Waals surface area contributed by atoms with Crippen LogP contribution in [0.1, 0.15) is 58.3 Å². The van der Waals surface area contributed by atoms with Crippen LogP contribution in [0.25, 0.3) is 0 Å².